The van der Waals surface area contributed by atoms with Gasteiger partial charge in [0.15, 0.2) is 0 Å². The molecule has 0 saturated heterocycles. The zero-order valence-corrected chi connectivity index (χ0v) is 13.9. The molecule has 0 radical (unpaired) electrons. The molecule has 0 saturated carbocycles. The van der Waals surface area contributed by atoms with Crippen LogP contribution in [0.4, 0.5) is 13.2 Å². The van der Waals surface area contributed by atoms with Gasteiger partial charge in [0, 0.05) is 13.9 Å². The third-order valence-corrected chi connectivity index (χ3v) is 4.52. The first kappa shape index (κ1) is 15.5. The van der Waals surface area contributed by atoms with Crippen LogP contribution in [0.1, 0.15) is 5.82 Å². The molecule has 22 heavy (non-hydrogen) atoms. The lowest BCUT2D eigenvalue weighted by molar-refractivity contribution is -0.145. The van der Waals surface area contributed by atoms with E-state index in [9.17, 15) is 13.2 Å². The monoisotopic (exact) mass is 432 g/mol. The molecule has 0 unspecified atom stereocenters. The summed E-state index contributed by atoms with van der Waals surface area (Å²) in [5.74, 6) is -1.11. The first-order valence-corrected chi connectivity index (χ1v) is 8.10. The zero-order chi connectivity index (χ0) is 15.7. The number of halogens is 4. The standard InChI is InChI=1S/C15H8F3IN2S/c16-15(17,18)14-20-12-7-6-9(19)8-11(12)13(21-14)22-10-4-2-1-3-5-10/h1-8H. The second-order valence-corrected chi connectivity index (χ2v) is 6.73. The Hall–Kier alpha value is -1.35. The minimum absolute atomic E-state index is 0.293. The molecule has 0 N–H and O–H groups in total. The molecule has 0 aliphatic carbocycles. The van der Waals surface area contributed by atoms with Crippen LogP contribution in [0.3, 0.4) is 0 Å². The molecule has 112 valence electrons. The Bertz CT molecular complexity index is 822. The highest BCUT2D eigenvalue weighted by Crippen LogP contribution is 2.35. The predicted octanol–water partition coefficient (Wildman–Crippen LogP) is 5.40. The van der Waals surface area contributed by atoms with Crippen LogP contribution >= 0.6 is 34.4 Å². The molecule has 0 atom stereocenters. The molecule has 0 fully saturated rings. The van der Waals surface area contributed by atoms with Crippen molar-refractivity contribution in [3.8, 4) is 0 Å². The van der Waals surface area contributed by atoms with E-state index < -0.39 is 12.0 Å². The van der Waals surface area contributed by atoms with E-state index in [-0.39, 0.29) is 0 Å². The van der Waals surface area contributed by atoms with Gasteiger partial charge in [-0.1, -0.05) is 30.0 Å². The Morgan fingerprint density at radius 3 is 2.36 bits per heavy atom. The van der Waals surface area contributed by atoms with Crippen LogP contribution in [0.5, 0.6) is 0 Å². The van der Waals surface area contributed by atoms with Crippen LogP contribution in [0.2, 0.25) is 0 Å². The van der Waals surface area contributed by atoms with E-state index in [1.165, 1.54) is 11.8 Å². The molecule has 3 rings (SSSR count). The van der Waals surface area contributed by atoms with Gasteiger partial charge in [0.1, 0.15) is 5.03 Å². The quantitative estimate of drug-likeness (QED) is 0.401. The van der Waals surface area contributed by atoms with Gasteiger partial charge in [-0.15, -0.1) is 0 Å². The summed E-state index contributed by atoms with van der Waals surface area (Å²) < 4.78 is 39.9. The fourth-order valence-electron chi connectivity index (χ4n) is 1.88. The first-order chi connectivity index (χ1) is 10.4. The van der Waals surface area contributed by atoms with E-state index in [0.717, 1.165) is 8.47 Å². The summed E-state index contributed by atoms with van der Waals surface area (Å²) in [6.45, 7) is 0. The fraction of sp³-hybridized carbons (Fsp3) is 0.0667. The second-order valence-electron chi connectivity index (χ2n) is 4.43. The second kappa shape index (κ2) is 6.04. The Balaban J connectivity index is 2.18. The van der Waals surface area contributed by atoms with E-state index in [2.05, 4.69) is 32.6 Å². The van der Waals surface area contributed by atoms with E-state index in [1.807, 2.05) is 30.3 Å². The molecule has 1 heterocycles. The maximum absolute atomic E-state index is 13.0. The van der Waals surface area contributed by atoms with Crippen molar-refractivity contribution in [1.82, 2.24) is 9.97 Å². The van der Waals surface area contributed by atoms with E-state index in [1.54, 1.807) is 18.2 Å². The van der Waals surface area contributed by atoms with Crippen LogP contribution in [0, 0.1) is 3.57 Å². The molecule has 7 heteroatoms. The van der Waals surface area contributed by atoms with Gasteiger partial charge in [-0.25, -0.2) is 9.97 Å². The number of hydrogen-bond donors (Lipinski definition) is 0. The maximum atomic E-state index is 13.0. The third-order valence-electron chi connectivity index (χ3n) is 2.83. The Morgan fingerprint density at radius 2 is 1.68 bits per heavy atom. The number of rotatable bonds is 2. The molecule has 0 aliphatic rings. The minimum atomic E-state index is -4.57. The van der Waals surface area contributed by atoms with Crippen LogP contribution in [-0.4, -0.2) is 9.97 Å². The summed E-state index contributed by atoms with van der Waals surface area (Å²) in [5.41, 5.74) is 0.293. The van der Waals surface area contributed by atoms with Crippen molar-refractivity contribution in [3.05, 3.63) is 57.9 Å². The largest absolute Gasteiger partial charge is 0.451 e. The van der Waals surface area contributed by atoms with Crippen molar-refractivity contribution < 1.29 is 13.2 Å². The smallest absolute Gasteiger partial charge is 0.224 e. The van der Waals surface area contributed by atoms with Crippen LogP contribution in [0.25, 0.3) is 10.9 Å². The molecule has 1 aromatic heterocycles. The molecular weight excluding hydrogens is 424 g/mol. The maximum Gasteiger partial charge on any atom is 0.451 e. The van der Waals surface area contributed by atoms with Gasteiger partial charge >= 0.3 is 6.18 Å². The summed E-state index contributed by atoms with van der Waals surface area (Å²) in [5, 5.41) is 0.927. The third kappa shape index (κ3) is 3.35. The van der Waals surface area contributed by atoms with Gasteiger partial charge in [0.2, 0.25) is 5.82 Å². The lowest BCUT2D eigenvalue weighted by Crippen LogP contribution is -2.11. The first-order valence-electron chi connectivity index (χ1n) is 6.21. The van der Waals surface area contributed by atoms with Crippen LogP contribution in [0.15, 0.2) is 58.5 Å². The van der Waals surface area contributed by atoms with Crippen LogP contribution < -0.4 is 0 Å². The lowest BCUT2D eigenvalue weighted by atomic mass is 10.2. The molecule has 0 bridgehead atoms. The number of benzene rings is 2. The minimum Gasteiger partial charge on any atom is -0.224 e. The molecule has 2 nitrogen and oxygen atoms in total. The Labute approximate surface area is 142 Å². The SMILES string of the molecule is FC(F)(F)c1nc(Sc2ccccc2)c2cc(I)ccc2n1. The zero-order valence-electron chi connectivity index (χ0n) is 10.9. The van der Waals surface area contributed by atoms with Gasteiger partial charge < -0.3 is 0 Å². The van der Waals surface area contributed by atoms with Crippen molar-refractivity contribution >= 4 is 45.3 Å². The van der Waals surface area contributed by atoms with Gasteiger partial charge in [-0.05, 0) is 52.9 Å². The van der Waals surface area contributed by atoms with Crippen LogP contribution in [-0.2, 0) is 6.18 Å². The Morgan fingerprint density at radius 1 is 0.955 bits per heavy atom. The van der Waals surface area contributed by atoms with Crippen molar-refractivity contribution in [2.45, 2.75) is 16.1 Å². The summed E-state index contributed by atoms with van der Waals surface area (Å²) in [4.78, 5) is 8.20. The van der Waals surface area contributed by atoms with Crippen molar-refractivity contribution in [1.29, 1.82) is 0 Å². The summed E-state index contributed by atoms with van der Waals surface area (Å²) in [6.07, 6.45) is -4.57. The number of alkyl halides is 3. The van der Waals surface area contributed by atoms with Gasteiger partial charge in [0.05, 0.1) is 5.52 Å². The van der Waals surface area contributed by atoms with E-state index in [0.29, 0.717) is 15.9 Å². The number of nitrogens with zero attached hydrogens (tertiary/aromatic N) is 2. The summed E-state index contributed by atoms with van der Waals surface area (Å²) >= 11 is 3.32. The van der Waals surface area contributed by atoms with Crippen molar-refractivity contribution in [2.24, 2.45) is 0 Å². The summed E-state index contributed by atoms with van der Waals surface area (Å²) in [6, 6.07) is 14.3. The topological polar surface area (TPSA) is 25.8 Å². The average Bonchev–Trinajstić information content (AvgIpc) is 2.47. The van der Waals surface area contributed by atoms with E-state index in [4.69, 9.17) is 0 Å². The average molecular weight is 432 g/mol. The van der Waals surface area contributed by atoms with E-state index >= 15 is 0 Å². The highest BCUT2D eigenvalue weighted by atomic mass is 127. The van der Waals surface area contributed by atoms with Gasteiger partial charge in [0.25, 0.3) is 0 Å². The molecule has 0 spiro atoms. The number of aromatic nitrogens is 2. The molecule has 3 aromatic rings. The highest BCUT2D eigenvalue weighted by Gasteiger charge is 2.35. The molecule has 0 amide bonds. The molecular formula is C15H8F3IN2S. The number of hydrogen-bond acceptors (Lipinski definition) is 3. The molecule has 0 aliphatic heterocycles. The fourth-order valence-corrected chi connectivity index (χ4v) is 3.29. The Kier molecular flexibility index (Phi) is 4.26. The van der Waals surface area contributed by atoms with Crippen molar-refractivity contribution in [3.63, 3.8) is 0 Å². The van der Waals surface area contributed by atoms with Crippen molar-refractivity contribution in [2.75, 3.05) is 0 Å². The highest BCUT2D eigenvalue weighted by molar-refractivity contribution is 14.1. The number of fused-ring (bicyclic) bond motifs is 1. The normalized spacial score (nSPS) is 11.8. The molecule has 2 aromatic carbocycles. The van der Waals surface area contributed by atoms with Gasteiger partial charge in [-0.2, -0.15) is 13.2 Å². The summed E-state index contributed by atoms with van der Waals surface area (Å²) in [7, 11) is 0. The lowest BCUT2D eigenvalue weighted by Gasteiger charge is -2.10. The van der Waals surface area contributed by atoms with Gasteiger partial charge in [-0.3, -0.25) is 0 Å². The predicted molar refractivity (Wildman–Crippen MR) is 87.8 cm³/mol.